The molecule has 2 rings (SSSR count). The summed E-state index contributed by atoms with van der Waals surface area (Å²) in [6.45, 7) is 4.13. The number of halogens is 1. The van der Waals surface area contributed by atoms with Crippen LogP contribution in [-0.4, -0.2) is 7.05 Å². The minimum atomic E-state index is -0.147. The Hall–Kier alpha value is -1.19. The van der Waals surface area contributed by atoms with E-state index in [-0.39, 0.29) is 5.82 Å². The van der Waals surface area contributed by atoms with E-state index in [1.807, 2.05) is 26.1 Å². The van der Waals surface area contributed by atoms with Gasteiger partial charge in [0.05, 0.1) is 0 Å². The van der Waals surface area contributed by atoms with Crippen molar-refractivity contribution in [1.29, 1.82) is 0 Å². The van der Waals surface area contributed by atoms with Crippen molar-refractivity contribution in [2.75, 3.05) is 7.05 Å². The van der Waals surface area contributed by atoms with Gasteiger partial charge in [-0.25, -0.2) is 4.39 Å². The molecule has 1 aromatic carbocycles. The van der Waals surface area contributed by atoms with E-state index in [4.69, 9.17) is 0 Å². The molecule has 1 aromatic heterocycles. The van der Waals surface area contributed by atoms with Gasteiger partial charge in [0.15, 0.2) is 0 Å². The molecule has 18 heavy (non-hydrogen) atoms. The Morgan fingerprint density at radius 3 is 2.72 bits per heavy atom. The maximum absolute atomic E-state index is 13.8. The Morgan fingerprint density at radius 2 is 2.06 bits per heavy atom. The van der Waals surface area contributed by atoms with Crippen LogP contribution in [0.25, 0.3) is 10.4 Å². The fraction of sp³-hybridized carbons (Fsp3) is 0.333. The van der Waals surface area contributed by atoms with E-state index < -0.39 is 0 Å². The van der Waals surface area contributed by atoms with E-state index in [1.165, 1.54) is 4.88 Å². The van der Waals surface area contributed by atoms with Crippen LogP contribution >= 0.6 is 11.3 Å². The third-order valence-electron chi connectivity index (χ3n) is 3.11. The molecular formula is C15H18FNS. The minimum absolute atomic E-state index is 0.147. The van der Waals surface area contributed by atoms with Gasteiger partial charge in [-0.2, -0.15) is 0 Å². The van der Waals surface area contributed by atoms with Gasteiger partial charge in [0, 0.05) is 21.4 Å². The number of rotatable bonds is 4. The fourth-order valence-corrected chi connectivity index (χ4v) is 3.28. The summed E-state index contributed by atoms with van der Waals surface area (Å²) in [5, 5.41) is 3.28. The first-order valence-corrected chi connectivity index (χ1v) is 7.01. The van der Waals surface area contributed by atoms with Crippen LogP contribution < -0.4 is 5.32 Å². The summed E-state index contributed by atoms with van der Waals surface area (Å²) < 4.78 is 13.8. The van der Waals surface area contributed by atoms with Crippen molar-refractivity contribution >= 4 is 11.3 Å². The van der Waals surface area contributed by atoms with Crippen LogP contribution in [0.5, 0.6) is 0 Å². The second-order valence-electron chi connectivity index (χ2n) is 4.43. The van der Waals surface area contributed by atoms with Crippen molar-refractivity contribution in [3.8, 4) is 10.4 Å². The predicted octanol–water partition coefficient (Wildman–Crippen LogP) is 4.53. The Kier molecular flexibility index (Phi) is 4.15. The fourth-order valence-electron chi connectivity index (χ4n) is 2.06. The van der Waals surface area contributed by atoms with Crippen molar-refractivity contribution in [3.63, 3.8) is 0 Å². The Balaban J connectivity index is 2.37. The summed E-state index contributed by atoms with van der Waals surface area (Å²) in [7, 11) is 1.96. The lowest BCUT2D eigenvalue weighted by molar-refractivity contribution is 0.586. The van der Waals surface area contributed by atoms with E-state index in [0.29, 0.717) is 11.6 Å². The molecule has 3 heteroatoms. The van der Waals surface area contributed by atoms with Crippen LogP contribution in [0.4, 0.5) is 4.39 Å². The van der Waals surface area contributed by atoms with E-state index in [2.05, 4.69) is 18.3 Å². The van der Waals surface area contributed by atoms with Gasteiger partial charge < -0.3 is 5.32 Å². The van der Waals surface area contributed by atoms with Crippen molar-refractivity contribution < 1.29 is 4.39 Å². The van der Waals surface area contributed by atoms with Gasteiger partial charge in [0.1, 0.15) is 5.82 Å². The van der Waals surface area contributed by atoms with Gasteiger partial charge in [-0.15, -0.1) is 11.3 Å². The van der Waals surface area contributed by atoms with E-state index in [0.717, 1.165) is 16.9 Å². The molecule has 0 saturated heterocycles. The molecule has 0 amide bonds. The zero-order valence-corrected chi connectivity index (χ0v) is 11.8. The largest absolute Gasteiger partial charge is 0.312 e. The smallest absolute Gasteiger partial charge is 0.131 e. The van der Waals surface area contributed by atoms with E-state index >= 15 is 0 Å². The molecule has 0 fully saturated rings. The first-order chi connectivity index (χ1) is 8.65. The number of nitrogens with one attached hydrogen (secondary N) is 1. The average Bonchev–Trinajstić information content (AvgIpc) is 2.83. The van der Waals surface area contributed by atoms with Gasteiger partial charge in [0.2, 0.25) is 0 Å². The lowest BCUT2D eigenvalue weighted by Crippen LogP contribution is -2.13. The van der Waals surface area contributed by atoms with E-state index in [9.17, 15) is 4.39 Å². The highest BCUT2D eigenvalue weighted by Gasteiger charge is 2.12. The Labute approximate surface area is 112 Å². The maximum Gasteiger partial charge on any atom is 0.131 e. The van der Waals surface area contributed by atoms with Crippen LogP contribution in [0.3, 0.4) is 0 Å². The second-order valence-corrected chi connectivity index (χ2v) is 5.55. The lowest BCUT2D eigenvalue weighted by atomic mass is 10.1. The summed E-state index contributed by atoms with van der Waals surface area (Å²) >= 11 is 1.66. The van der Waals surface area contributed by atoms with Gasteiger partial charge in [0.25, 0.3) is 0 Å². The summed E-state index contributed by atoms with van der Waals surface area (Å²) in [5.41, 5.74) is 1.79. The zero-order chi connectivity index (χ0) is 13.1. The minimum Gasteiger partial charge on any atom is -0.312 e. The van der Waals surface area contributed by atoms with Crippen LogP contribution in [0.15, 0.2) is 30.3 Å². The van der Waals surface area contributed by atoms with Gasteiger partial charge in [-0.3, -0.25) is 0 Å². The van der Waals surface area contributed by atoms with Crippen LogP contribution in [0, 0.1) is 12.7 Å². The maximum atomic E-state index is 13.8. The normalized spacial score (nSPS) is 12.7. The molecule has 1 unspecified atom stereocenters. The summed E-state index contributed by atoms with van der Waals surface area (Å²) in [5.74, 6) is -0.147. The van der Waals surface area contributed by atoms with Crippen molar-refractivity contribution in [2.45, 2.75) is 26.3 Å². The molecule has 2 aromatic rings. The molecule has 1 heterocycles. The molecular weight excluding hydrogens is 245 g/mol. The topological polar surface area (TPSA) is 12.0 Å². The molecule has 96 valence electrons. The molecule has 0 saturated carbocycles. The van der Waals surface area contributed by atoms with Crippen LogP contribution in [0.2, 0.25) is 0 Å². The van der Waals surface area contributed by atoms with Gasteiger partial charge in [-0.05, 0) is 44.7 Å². The standard InChI is InChI=1S/C15H18FNS/c1-4-13(17-3)15-8-7-14(18-15)11-9-10(2)5-6-12(11)16/h5-9,13,17H,4H2,1-3H3. The summed E-state index contributed by atoms with van der Waals surface area (Å²) in [4.78, 5) is 2.26. The molecule has 1 nitrogen and oxygen atoms in total. The third-order valence-corrected chi connectivity index (χ3v) is 4.35. The number of hydrogen-bond donors (Lipinski definition) is 1. The molecule has 0 aliphatic rings. The average molecular weight is 263 g/mol. The first kappa shape index (κ1) is 13.2. The molecule has 1 N–H and O–H groups in total. The van der Waals surface area contributed by atoms with Crippen molar-refractivity contribution in [1.82, 2.24) is 5.32 Å². The molecule has 0 bridgehead atoms. The Morgan fingerprint density at radius 1 is 1.28 bits per heavy atom. The molecule has 0 radical (unpaired) electrons. The molecule has 0 aliphatic heterocycles. The number of thiophene rings is 1. The summed E-state index contributed by atoms with van der Waals surface area (Å²) in [6, 6.07) is 9.71. The van der Waals surface area contributed by atoms with Crippen molar-refractivity contribution in [3.05, 3.63) is 46.6 Å². The highest BCUT2D eigenvalue weighted by molar-refractivity contribution is 7.15. The molecule has 0 aliphatic carbocycles. The highest BCUT2D eigenvalue weighted by Crippen LogP contribution is 2.34. The van der Waals surface area contributed by atoms with Gasteiger partial charge in [-0.1, -0.05) is 18.6 Å². The quantitative estimate of drug-likeness (QED) is 0.854. The van der Waals surface area contributed by atoms with Crippen LogP contribution in [0.1, 0.15) is 29.8 Å². The third kappa shape index (κ3) is 2.62. The molecule has 0 spiro atoms. The highest BCUT2D eigenvalue weighted by atomic mass is 32.1. The summed E-state index contributed by atoms with van der Waals surface area (Å²) in [6.07, 6.45) is 1.03. The predicted molar refractivity (Wildman–Crippen MR) is 76.5 cm³/mol. The molecule has 1 atom stereocenters. The SMILES string of the molecule is CCC(NC)c1ccc(-c2cc(C)ccc2F)s1. The monoisotopic (exact) mass is 263 g/mol. The van der Waals surface area contributed by atoms with Crippen molar-refractivity contribution in [2.24, 2.45) is 0 Å². The first-order valence-electron chi connectivity index (χ1n) is 6.19. The second kappa shape index (κ2) is 5.63. The number of hydrogen-bond acceptors (Lipinski definition) is 2. The lowest BCUT2D eigenvalue weighted by Gasteiger charge is -2.10. The van der Waals surface area contributed by atoms with E-state index in [1.54, 1.807) is 23.5 Å². The van der Waals surface area contributed by atoms with Crippen LogP contribution in [-0.2, 0) is 0 Å². The number of aryl methyl sites for hydroxylation is 1. The van der Waals surface area contributed by atoms with Gasteiger partial charge >= 0.3 is 0 Å². The number of benzene rings is 1. The Bertz CT molecular complexity index is 529. The zero-order valence-electron chi connectivity index (χ0n) is 11.0.